The molecule has 0 unspecified atom stereocenters. The second-order valence-corrected chi connectivity index (χ2v) is 5.26. The van der Waals surface area contributed by atoms with Crippen molar-refractivity contribution >= 4 is 11.6 Å². The Hall–Kier alpha value is -2.86. The van der Waals surface area contributed by atoms with Crippen molar-refractivity contribution in [1.82, 2.24) is 0 Å². The second kappa shape index (κ2) is 5.98. The van der Waals surface area contributed by atoms with E-state index in [1.54, 1.807) is 24.3 Å². The molecule has 0 atom stereocenters. The number of carbonyl (C=O) groups is 2. The molecule has 124 valence electrons. The van der Waals surface area contributed by atoms with Gasteiger partial charge in [-0.3, -0.25) is 9.59 Å². The standard InChI is InChI=1S/C18H17NO5/c1-22-12-6-4-5-9-14(12)17(21)15-10(16(9)20)7-13(23-2)11(8-19)18(15)24-3/h4-7H,8,19H2,1-3H3. The molecule has 6 heteroatoms. The Kier molecular flexibility index (Phi) is 3.99. The number of hydrogen-bond donors (Lipinski definition) is 1. The molecule has 0 aromatic heterocycles. The highest BCUT2D eigenvalue weighted by atomic mass is 16.5. The maximum atomic E-state index is 13.1. The number of nitrogens with two attached hydrogens (primary N) is 1. The summed E-state index contributed by atoms with van der Waals surface area (Å²) in [5.41, 5.74) is 7.31. The fraction of sp³-hybridized carbons (Fsp3) is 0.222. The summed E-state index contributed by atoms with van der Waals surface area (Å²) in [5, 5.41) is 0. The predicted molar refractivity (Wildman–Crippen MR) is 87.3 cm³/mol. The van der Waals surface area contributed by atoms with Gasteiger partial charge in [-0.15, -0.1) is 0 Å². The van der Waals surface area contributed by atoms with Crippen LogP contribution in [0.4, 0.5) is 0 Å². The van der Waals surface area contributed by atoms with Crippen LogP contribution >= 0.6 is 0 Å². The highest BCUT2D eigenvalue weighted by Crippen LogP contribution is 2.42. The Morgan fingerprint density at radius 1 is 0.875 bits per heavy atom. The first-order chi connectivity index (χ1) is 11.6. The van der Waals surface area contributed by atoms with Crippen LogP contribution in [0.2, 0.25) is 0 Å². The summed E-state index contributed by atoms with van der Waals surface area (Å²) < 4.78 is 16.0. The maximum Gasteiger partial charge on any atom is 0.202 e. The van der Waals surface area contributed by atoms with Crippen molar-refractivity contribution in [2.45, 2.75) is 6.54 Å². The van der Waals surface area contributed by atoms with Gasteiger partial charge in [0, 0.05) is 17.7 Å². The molecule has 0 saturated carbocycles. The molecular weight excluding hydrogens is 310 g/mol. The lowest BCUT2D eigenvalue weighted by Crippen LogP contribution is -2.23. The summed E-state index contributed by atoms with van der Waals surface area (Å²) in [7, 11) is 4.37. The summed E-state index contributed by atoms with van der Waals surface area (Å²) in [5.74, 6) is 0.427. The first-order valence-corrected chi connectivity index (χ1v) is 7.33. The van der Waals surface area contributed by atoms with Gasteiger partial charge < -0.3 is 19.9 Å². The van der Waals surface area contributed by atoms with Crippen LogP contribution in [0.3, 0.4) is 0 Å². The average Bonchev–Trinajstić information content (AvgIpc) is 2.63. The minimum Gasteiger partial charge on any atom is -0.496 e. The van der Waals surface area contributed by atoms with E-state index in [1.165, 1.54) is 21.3 Å². The lowest BCUT2D eigenvalue weighted by Gasteiger charge is -2.24. The van der Waals surface area contributed by atoms with E-state index in [2.05, 4.69) is 0 Å². The highest BCUT2D eigenvalue weighted by molar-refractivity contribution is 6.30. The van der Waals surface area contributed by atoms with E-state index in [-0.39, 0.29) is 40.6 Å². The molecule has 2 N–H and O–H groups in total. The molecule has 0 bridgehead atoms. The van der Waals surface area contributed by atoms with Crippen LogP contribution in [0, 0.1) is 0 Å². The molecule has 3 rings (SSSR count). The van der Waals surface area contributed by atoms with E-state index >= 15 is 0 Å². The number of benzene rings is 2. The SMILES string of the molecule is COc1cc2c(c(OC)c1CN)C(=O)c1c(OC)cccc1C2=O. The summed E-state index contributed by atoms with van der Waals surface area (Å²) in [6.45, 7) is 0.111. The Balaban J connectivity index is 2.38. The third kappa shape index (κ3) is 2.07. The zero-order valence-electron chi connectivity index (χ0n) is 13.6. The number of ketones is 2. The lowest BCUT2D eigenvalue weighted by molar-refractivity contribution is 0.0973. The largest absolute Gasteiger partial charge is 0.496 e. The van der Waals surface area contributed by atoms with E-state index in [4.69, 9.17) is 19.9 Å². The normalized spacial score (nSPS) is 12.5. The number of rotatable bonds is 4. The Morgan fingerprint density at radius 3 is 2.17 bits per heavy atom. The van der Waals surface area contributed by atoms with E-state index in [9.17, 15) is 9.59 Å². The Bertz CT molecular complexity index is 857. The van der Waals surface area contributed by atoms with E-state index < -0.39 is 0 Å². The predicted octanol–water partition coefficient (Wildman–Crippen LogP) is 1.95. The van der Waals surface area contributed by atoms with Gasteiger partial charge in [0.15, 0.2) is 5.78 Å². The van der Waals surface area contributed by atoms with Crippen molar-refractivity contribution in [1.29, 1.82) is 0 Å². The van der Waals surface area contributed by atoms with Crippen molar-refractivity contribution in [3.05, 3.63) is 52.1 Å². The van der Waals surface area contributed by atoms with Crippen molar-refractivity contribution in [2.24, 2.45) is 5.73 Å². The number of carbonyl (C=O) groups excluding carboxylic acids is 2. The fourth-order valence-corrected chi connectivity index (χ4v) is 3.08. The molecule has 2 aromatic carbocycles. The third-order valence-corrected chi connectivity index (χ3v) is 4.16. The summed E-state index contributed by atoms with van der Waals surface area (Å²) >= 11 is 0. The van der Waals surface area contributed by atoms with Crippen molar-refractivity contribution in [3.8, 4) is 17.2 Å². The minimum atomic E-state index is -0.328. The molecule has 1 aliphatic rings. The minimum absolute atomic E-state index is 0.111. The van der Waals surface area contributed by atoms with Crippen molar-refractivity contribution in [3.63, 3.8) is 0 Å². The zero-order valence-corrected chi connectivity index (χ0v) is 13.6. The monoisotopic (exact) mass is 327 g/mol. The number of methoxy groups -OCH3 is 3. The molecule has 0 saturated heterocycles. The van der Waals surface area contributed by atoms with Gasteiger partial charge in [-0.2, -0.15) is 0 Å². The molecule has 0 spiro atoms. The van der Waals surface area contributed by atoms with Crippen LogP contribution in [-0.2, 0) is 6.54 Å². The topological polar surface area (TPSA) is 87.8 Å². The van der Waals surface area contributed by atoms with Crippen LogP contribution in [0.1, 0.15) is 37.4 Å². The first kappa shape index (κ1) is 16.0. The van der Waals surface area contributed by atoms with Gasteiger partial charge in [0.2, 0.25) is 5.78 Å². The van der Waals surface area contributed by atoms with Crippen LogP contribution < -0.4 is 19.9 Å². The number of hydrogen-bond acceptors (Lipinski definition) is 6. The summed E-state index contributed by atoms with van der Waals surface area (Å²) in [6.07, 6.45) is 0. The fourth-order valence-electron chi connectivity index (χ4n) is 3.08. The Labute approximate surface area is 139 Å². The molecule has 0 radical (unpaired) electrons. The molecule has 0 aliphatic heterocycles. The molecule has 2 aromatic rings. The molecule has 6 nitrogen and oxygen atoms in total. The van der Waals surface area contributed by atoms with Gasteiger partial charge in [0.1, 0.15) is 17.2 Å². The molecule has 1 aliphatic carbocycles. The van der Waals surface area contributed by atoms with Crippen molar-refractivity contribution in [2.75, 3.05) is 21.3 Å². The van der Waals surface area contributed by atoms with E-state index in [0.717, 1.165) is 0 Å². The van der Waals surface area contributed by atoms with Gasteiger partial charge in [-0.05, 0) is 12.1 Å². The van der Waals surface area contributed by atoms with Crippen molar-refractivity contribution < 1.29 is 23.8 Å². The molecule has 0 fully saturated rings. The highest BCUT2D eigenvalue weighted by Gasteiger charge is 2.36. The van der Waals surface area contributed by atoms with Gasteiger partial charge >= 0.3 is 0 Å². The van der Waals surface area contributed by atoms with E-state index in [1.807, 2.05) is 0 Å². The Morgan fingerprint density at radius 2 is 1.58 bits per heavy atom. The molecule has 24 heavy (non-hydrogen) atoms. The quantitative estimate of drug-likeness (QED) is 0.788. The van der Waals surface area contributed by atoms with Crippen LogP contribution in [0.25, 0.3) is 0 Å². The maximum absolute atomic E-state index is 13.1. The lowest BCUT2D eigenvalue weighted by atomic mass is 9.82. The summed E-state index contributed by atoms with van der Waals surface area (Å²) in [4.78, 5) is 26.0. The molecule has 0 amide bonds. The van der Waals surface area contributed by atoms with Crippen LogP contribution in [-0.4, -0.2) is 32.9 Å². The van der Waals surface area contributed by atoms with Gasteiger partial charge in [-0.1, -0.05) is 12.1 Å². The number of fused-ring (bicyclic) bond motifs is 2. The van der Waals surface area contributed by atoms with Gasteiger partial charge in [0.05, 0.1) is 38.0 Å². The van der Waals surface area contributed by atoms with Gasteiger partial charge in [0.25, 0.3) is 0 Å². The van der Waals surface area contributed by atoms with E-state index in [0.29, 0.717) is 22.6 Å². The average molecular weight is 327 g/mol. The first-order valence-electron chi connectivity index (χ1n) is 7.33. The molecule has 0 heterocycles. The van der Waals surface area contributed by atoms with Crippen LogP contribution in [0.5, 0.6) is 17.2 Å². The number of ether oxygens (including phenoxy) is 3. The van der Waals surface area contributed by atoms with Gasteiger partial charge in [-0.25, -0.2) is 0 Å². The zero-order chi connectivity index (χ0) is 17.4. The smallest absolute Gasteiger partial charge is 0.202 e. The third-order valence-electron chi connectivity index (χ3n) is 4.16. The second-order valence-electron chi connectivity index (χ2n) is 5.26. The van der Waals surface area contributed by atoms with Crippen LogP contribution in [0.15, 0.2) is 24.3 Å². The molecular formula is C18H17NO5. The summed E-state index contributed by atoms with van der Waals surface area (Å²) in [6, 6.07) is 6.48.